The molecule has 0 amide bonds. The third kappa shape index (κ3) is 4.21. The molecule has 0 heterocycles. The minimum atomic E-state index is 0.201. The molecule has 1 aromatic carbocycles. The van der Waals surface area contributed by atoms with Crippen LogP contribution in [0.5, 0.6) is 5.75 Å². The van der Waals surface area contributed by atoms with Crippen LogP contribution in [0, 0.1) is 11.8 Å². The molecule has 0 bridgehead atoms. The molecule has 0 radical (unpaired) electrons. The van der Waals surface area contributed by atoms with Gasteiger partial charge in [-0.15, -0.1) is 0 Å². The van der Waals surface area contributed by atoms with Gasteiger partial charge in [-0.05, 0) is 37.2 Å². The van der Waals surface area contributed by atoms with Crippen molar-refractivity contribution in [1.82, 2.24) is 5.43 Å². The van der Waals surface area contributed by atoms with Crippen molar-refractivity contribution in [3.8, 4) is 5.75 Å². The van der Waals surface area contributed by atoms with E-state index in [0.717, 1.165) is 24.7 Å². The smallest absolute Gasteiger partial charge is 0.124 e. The summed E-state index contributed by atoms with van der Waals surface area (Å²) in [4.78, 5) is 0. The minimum absolute atomic E-state index is 0.201. The summed E-state index contributed by atoms with van der Waals surface area (Å²) in [5.74, 6) is 8.36. The van der Waals surface area contributed by atoms with Gasteiger partial charge >= 0.3 is 0 Å². The molecule has 118 valence electrons. The summed E-state index contributed by atoms with van der Waals surface area (Å²) in [5.41, 5.74) is 4.29. The van der Waals surface area contributed by atoms with Gasteiger partial charge < -0.3 is 4.74 Å². The van der Waals surface area contributed by atoms with Crippen LogP contribution < -0.4 is 16.0 Å². The number of hydrazine groups is 1. The molecule has 2 rings (SSSR count). The van der Waals surface area contributed by atoms with Gasteiger partial charge in [0, 0.05) is 5.56 Å². The van der Waals surface area contributed by atoms with Crippen molar-refractivity contribution in [2.24, 2.45) is 17.7 Å². The fraction of sp³-hybridized carbons (Fsp3) is 0.667. The van der Waals surface area contributed by atoms with Crippen LogP contribution in [0.3, 0.4) is 0 Å². The lowest BCUT2D eigenvalue weighted by molar-refractivity contribution is 0.205. The van der Waals surface area contributed by atoms with Gasteiger partial charge in [0.25, 0.3) is 0 Å². The van der Waals surface area contributed by atoms with E-state index in [4.69, 9.17) is 10.6 Å². The molecule has 1 fully saturated rings. The maximum atomic E-state index is 5.92. The van der Waals surface area contributed by atoms with Crippen molar-refractivity contribution in [1.29, 1.82) is 0 Å². The number of ether oxygens (including phenoxy) is 1. The Morgan fingerprint density at radius 3 is 2.81 bits per heavy atom. The zero-order valence-electron chi connectivity index (χ0n) is 13.5. The average molecular weight is 290 g/mol. The van der Waals surface area contributed by atoms with Crippen molar-refractivity contribution in [2.45, 2.75) is 58.4 Å². The summed E-state index contributed by atoms with van der Waals surface area (Å²) < 4.78 is 5.92. The fourth-order valence-corrected chi connectivity index (χ4v) is 3.57. The summed E-state index contributed by atoms with van der Waals surface area (Å²) >= 11 is 0. The Kier molecular flexibility index (Phi) is 6.52. The number of hydrogen-bond donors (Lipinski definition) is 2. The first kappa shape index (κ1) is 16.3. The molecule has 0 aliphatic heterocycles. The van der Waals surface area contributed by atoms with E-state index in [1.807, 2.05) is 6.07 Å². The van der Waals surface area contributed by atoms with Crippen LogP contribution in [0.4, 0.5) is 0 Å². The van der Waals surface area contributed by atoms with Crippen LogP contribution >= 0.6 is 0 Å². The third-order valence-corrected chi connectivity index (χ3v) is 4.77. The van der Waals surface area contributed by atoms with Gasteiger partial charge in [-0.3, -0.25) is 11.3 Å². The lowest BCUT2D eigenvalue weighted by Gasteiger charge is -2.34. The zero-order valence-corrected chi connectivity index (χ0v) is 13.5. The van der Waals surface area contributed by atoms with E-state index in [9.17, 15) is 0 Å². The molecule has 3 nitrogen and oxygen atoms in total. The van der Waals surface area contributed by atoms with Crippen LogP contribution in [0.1, 0.15) is 64.0 Å². The summed E-state index contributed by atoms with van der Waals surface area (Å²) in [5, 5.41) is 0. The highest BCUT2D eigenvalue weighted by Gasteiger charge is 2.29. The molecule has 0 spiro atoms. The number of rotatable bonds is 7. The molecule has 21 heavy (non-hydrogen) atoms. The Bertz CT molecular complexity index is 421. The topological polar surface area (TPSA) is 47.3 Å². The number of nitrogens with two attached hydrogens (primary N) is 1. The quantitative estimate of drug-likeness (QED) is 0.584. The summed E-state index contributed by atoms with van der Waals surface area (Å²) in [6, 6.07) is 8.55. The largest absolute Gasteiger partial charge is 0.493 e. The van der Waals surface area contributed by atoms with E-state index < -0.39 is 0 Å². The standard InChI is InChI=1S/C18H30N2O/c1-3-12-21-17-11-6-5-10-16(17)18(20-19)15-9-7-8-14(4-2)13-15/h5-6,10-11,14-15,18,20H,3-4,7-9,12-13,19H2,1-2H3. The fourth-order valence-electron chi connectivity index (χ4n) is 3.57. The van der Waals surface area contributed by atoms with Crippen LogP contribution in [-0.2, 0) is 0 Å². The molecule has 3 heteroatoms. The van der Waals surface area contributed by atoms with E-state index in [1.165, 1.54) is 37.7 Å². The average Bonchev–Trinajstić information content (AvgIpc) is 2.55. The van der Waals surface area contributed by atoms with Crippen molar-refractivity contribution in [3.05, 3.63) is 29.8 Å². The highest BCUT2D eigenvalue weighted by atomic mass is 16.5. The normalized spacial score (nSPS) is 23.8. The molecule has 1 aliphatic rings. The van der Waals surface area contributed by atoms with E-state index in [2.05, 4.69) is 37.5 Å². The van der Waals surface area contributed by atoms with E-state index in [-0.39, 0.29) is 6.04 Å². The highest BCUT2D eigenvalue weighted by Crippen LogP contribution is 2.40. The second-order valence-corrected chi connectivity index (χ2v) is 6.23. The first-order valence-electron chi connectivity index (χ1n) is 8.47. The molecule has 1 aromatic rings. The highest BCUT2D eigenvalue weighted by molar-refractivity contribution is 5.36. The molecule has 0 saturated heterocycles. The molecule has 3 unspecified atom stereocenters. The predicted octanol–water partition coefficient (Wildman–Crippen LogP) is 4.20. The van der Waals surface area contributed by atoms with Gasteiger partial charge in [-0.25, -0.2) is 0 Å². The summed E-state index contributed by atoms with van der Waals surface area (Å²) in [7, 11) is 0. The summed E-state index contributed by atoms with van der Waals surface area (Å²) in [6.07, 6.45) is 7.52. The number of para-hydroxylation sites is 1. The predicted molar refractivity (Wildman–Crippen MR) is 88.0 cm³/mol. The molecular formula is C18H30N2O. The Labute approximate surface area is 129 Å². The molecular weight excluding hydrogens is 260 g/mol. The van der Waals surface area contributed by atoms with Crippen LogP contribution in [-0.4, -0.2) is 6.61 Å². The van der Waals surface area contributed by atoms with Crippen molar-refractivity contribution in [3.63, 3.8) is 0 Å². The Balaban J connectivity index is 2.16. The SMILES string of the molecule is CCCOc1ccccc1C(NN)C1CCCC(CC)C1. The van der Waals surface area contributed by atoms with E-state index in [1.54, 1.807) is 0 Å². The second-order valence-electron chi connectivity index (χ2n) is 6.23. The van der Waals surface area contributed by atoms with Gasteiger partial charge in [-0.2, -0.15) is 0 Å². The zero-order chi connectivity index (χ0) is 15.1. The van der Waals surface area contributed by atoms with Crippen molar-refractivity contribution < 1.29 is 4.74 Å². The molecule has 1 aliphatic carbocycles. The lowest BCUT2D eigenvalue weighted by atomic mass is 9.75. The van der Waals surface area contributed by atoms with Crippen LogP contribution in [0.25, 0.3) is 0 Å². The van der Waals surface area contributed by atoms with E-state index in [0.29, 0.717) is 5.92 Å². The van der Waals surface area contributed by atoms with Crippen molar-refractivity contribution >= 4 is 0 Å². The van der Waals surface area contributed by atoms with Gasteiger partial charge in [0.15, 0.2) is 0 Å². The number of nitrogens with one attached hydrogen (secondary N) is 1. The first-order chi connectivity index (χ1) is 10.3. The second kappa shape index (κ2) is 8.40. The summed E-state index contributed by atoms with van der Waals surface area (Å²) in [6.45, 7) is 5.20. The van der Waals surface area contributed by atoms with Crippen LogP contribution in [0.15, 0.2) is 24.3 Å². The van der Waals surface area contributed by atoms with E-state index >= 15 is 0 Å². The minimum Gasteiger partial charge on any atom is -0.493 e. The van der Waals surface area contributed by atoms with Gasteiger partial charge in [0.2, 0.25) is 0 Å². The van der Waals surface area contributed by atoms with Gasteiger partial charge in [0.1, 0.15) is 5.75 Å². The molecule has 3 atom stereocenters. The van der Waals surface area contributed by atoms with Crippen LogP contribution in [0.2, 0.25) is 0 Å². The number of hydrogen-bond acceptors (Lipinski definition) is 3. The Morgan fingerprint density at radius 2 is 2.10 bits per heavy atom. The third-order valence-electron chi connectivity index (χ3n) is 4.77. The molecule has 1 saturated carbocycles. The molecule has 3 N–H and O–H groups in total. The first-order valence-corrected chi connectivity index (χ1v) is 8.47. The van der Waals surface area contributed by atoms with Gasteiger partial charge in [-0.1, -0.05) is 51.3 Å². The monoisotopic (exact) mass is 290 g/mol. The maximum Gasteiger partial charge on any atom is 0.124 e. The Hall–Kier alpha value is -1.06. The van der Waals surface area contributed by atoms with Crippen molar-refractivity contribution in [2.75, 3.05) is 6.61 Å². The number of benzene rings is 1. The lowest BCUT2D eigenvalue weighted by Crippen LogP contribution is -2.36. The molecule has 0 aromatic heterocycles. The maximum absolute atomic E-state index is 5.92. The Morgan fingerprint density at radius 1 is 1.29 bits per heavy atom. The van der Waals surface area contributed by atoms with Gasteiger partial charge in [0.05, 0.1) is 12.6 Å².